The molecule has 1 saturated heterocycles. The third kappa shape index (κ3) is 3.92. The minimum Gasteiger partial charge on any atom is -0.486 e. The van der Waals surface area contributed by atoms with Crippen LogP contribution in [0.3, 0.4) is 0 Å². The number of hydrogen-bond acceptors (Lipinski definition) is 9. The topological polar surface area (TPSA) is 112 Å². The van der Waals surface area contributed by atoms with Crippen molar-refractivity contribution in [3.8, 4) is 11.5 Å². The van der Waals surface area contributed by atoms with E-state index in [0.717, 1.165) is 61.1 Å². The van der Waals surface area contributed by atoms with Gasteiger partial charge in [-0.15, -0.1) is 0 Å². The molecule has 2 aromatic heterocycles. The van der Waals surface area contributed by atoms with Crippen LogP contribution in [-0.4, -0.2) is 52.2 Å². The number of anilines is 2. The van der Waals surface area contributed by atoms with Gasteiger partial charge in [0.05, 0.1) is 0 Å². The molecule has 4 heterocycles. The number of benzene rings is 1. The molecule has 0 bridgehead atoms. The van der Waals surface area contributed by atoms with Gasteiger partial charge in [-0.3, -0.25) is 4.90 Å². The van der Waals surface area contributed by atoms with Gasteiger partial charge in [-0.2, -0.15) is 0 Å². The summed E-state index contributed by atoms with van der Waals surface area (Å²) in [6.45, 7) is 3.56. The number of likely N-dealkylation sites (tertiary alicyclic amines) is 1. The second-order valence-electron chi connectivity index (χ2n) is 7.68. The summed E-state index contributed by atoms with van der Waals surface area (Å²) in [5, 5.41) is 0.475. The van der Waals surface area contributed by atoms with E-state index in [1.54, 1.807) is 0 Å². The highest BCUT2D eigenvalue weighted by Crippen LogP contribution is 2.32. The number of hydrogen-bond donors (Lipinski definition) is 2. The molecule has 2 aliphatic rings. The maximum absolute atomic E-state index is 6.10. The van der Waals surface area contributed by atoms with E-state index in [1.165, 1.54) is 11.3 Å². The monoisotopic (exact) mass is 412 g/mol. The smallest absolute Gasteiger partial charge is 0.182 e. The predicted molar refractivity (Wildman–Crippen MR) is 113 cm³/mol. The van der Waals surface area contributed by atoms with Crippen molar-refractivity contribution in [3.63, 3.8) is 0 Å². The molecule has 1 aromatic carbocycles. The minimum absolute atomic E-state index is 0.0729. The number of para-hydroxylation sites is 2. The Morgan fingerprint density at radius 1 is 1.07 bits per heavy atom. The molecule has 0 saturated carbocycles. The molecule has 152 valence electrons. The van der Waals surface area contributed by atoms with Gasteiger partial charge < -0.3 is 20.9 Å². The highest BCUT2D eigenvalue weighted by atomic mass is 32.1. The number of nitrogen functional groups attached to an aromatic ring is 2. The van der Waals surface area contributed by atoms with Crippen LogP contribution in [0.2, 0.25) is 0 Å². The van der Waals surface area contributed by atoms with E-state index in [9.17, 15) is 0 Å². The summed E-state index contributed by atoms with van der Waals surface area (Å²) in [6.07, 6.45) is 3.12. The largest absolute Gasteiger partial charge is 0.486 e. The Bertz CT molecular complexity index is 1020. The van der Waals surface area contributed by atoms with Gasteiger partial charge in [0.1, 0.15) is 24.1 Å². The fourth-order valence-corrected chi connectivity index (χ4v) is 4.80. The molecular formula is C20H24N6O2S. The van der Waals surface area contributed by atoms with Crippen molar-refractivity contribution in [3.05, 3.63) is 30.1 Å². The zero-order valence-electron chi connectivity index (χ0n) is 16.1. The van der Waals surface area contributed by atoms with E-state index in [1.807, 2.05) is 24.3 Å². The molecule has 2 aliphatic heterocycles. The first-order chi connectivity index (χ1) is 14.1. The Balaban J connectivity index is 1.15. The molecular weight excluding hydrogens is 388 g/mol. The average Bonchev–Trinajstić information content (AvgIpc) is 3.10. The zero-order valence-corrected chi connectivity index (χ0v) is 16.9. The second-order valence-corrected chi connectivity index (χ2v) is 8.69. The van der Waals surface area contributed by atoms with Crippen molar-refractivity contribution in [2.45, 2.75) is 25.4 Å². The number of piperidine rings is 1. The maximum Gasteiger partial charge on any atom is 0.182 e. The van der Waals surface area contributed by atoms with Gasteiger partial charge in [0.25, 0.3) is 0 Å². The molecule has 1 fully saturated rings. The van der Waals surface area contributed by atoms with Crippen LogP contribution < -0.4 is 20.9 Å². The Morgan fingerprint density at radius 2 is 1.86 bits per heavy atom. The van der Waals surface area contributed by atoms with Gasteiger partial charge in [0, 0.05) is 13.0 Å². The lowest BCUT2D eigenvalue weighted by Gasteiger charge is -2.35. The van der Waals surface area contributed by atoms with Crippen molar-refractivity contribution in [2.75, 3.05) is 37.7 Å². The summed E-state index contributed by atoms with van der Waals surface area (Å²) in [6, 6.07) is 7.85. The molecule has 5 rings (SSSR count). The third-order valence-corrected chi connectivity index (χ3v) is 6.33. The van der Waals surface area contributed by atoms with E-state index in [4.69, 9.17) is 20.9 Å². The fourth-order valence-electron chi connectivity index (χ4n) is 4.07. The Kier molecular flexibility index (Phi) is 4.84. The van der Waals surface area contributed by atoms with Gasteiger partial charge in [-0.1, -0.05) is 23.5 Å². The number of fused-ring (bicyclic) bond motifs is 2. The van der Waals surface area contributed by atoms with Crippen molar-refractivity contribution < 1.29 is 9.47 Å². The molecule has 29 heavy (non-hydrogen) atoms. The lowest BCUT2D eigenvalue weighted by Crippen LogP contribution is -2.44. The molecule has 0 amide bonds. The molecule has 4 N–H and O–H groups in total. The molecule has 9 heteroatoms. The summed E-state index contributed by atoms with van der Waals surface area (Å²) in [5.74, 6) is 3.44. The van der Waals surface area contributed by atoms with Crippen LogP contribution in [0.15, 0.2) is 24.3 Å². The van der Waals surface area contributed by atoms with Gasteiger partial charge in [0.15, 0.2) is 27.3 Å². The summed E-state index contributed by atoms with van der Waals surface area (Å²) >= 11 is 1.36. The van der Waals surface area contributed by atoms with Crippen molar-refractivity contribution in [1.29, 1.82) is 0 Å². The van der Waals surface area contributed by atoms with Crippen LogP contribution in [0.4, 0.5) is 10.9 Å². The zero-order chi connectivity index (χ0) is 19.8. The van der Waals surface area contributed by atoms with Crippen molar-refractivity contribution in [2.24, 2.45) is 5.92 Å². The molecule has 0 spiro atoms. The highest BCUT2D eigenvalue weighted by Gasteiger charge is 2.26. The van der Waals surface area contributed by atoms with Gasteiger partial charge >= 0.3 is 0 Å². The SMILES string of the molecule is Nc1nc2c(N)nc(CC3CCN(CC4COc5ccccc5O4)CC3)nc2s1. The Hall–Kier alpha value is -2.65. The number of thiazole rings is 1. The number of aromatic nitrogens is 3. The fraction of sp³-hybridized carbons (Fsp3) is 0.450. The van der Waals surface area contributed by atoms with E-state index in [0.29, 0.717) is 29.0 Å². The number of nitrogens with zero attached hydrogens (tertiary/aromatic N) is 4. The van der Waals surface area contributed by atoms with Crippen LogP contribution in [0.25, 0.3) is 10.3 Å². The number of nitrogens with two attached hydrogens (primary N) is 2. The Labute approximate surface area is 172 Å². The lowest BCUT2D eigenvalue weighted by atomic mass is 9.93. The van der Waals surface area contributed by atoms with Gasteiger partial charge in [-0.25, -0.2) is 15.0 Å². The lowest BCUT2D eigenvalue weighted by molar-refractivity contribution is 0.0477. The van der Waals surface area contributed by atoms with Crippen molar-refractivity contribution in [1.82, 2.24) is 19.9 Å². The standard InChI is InChI=1S/C20H24N6O2S/c21-18-17-19(29-20(22)25-17)24-16(23-18)9-12-5-7-26(8-6-12)10-13-11-27-14-3-1-2-4-15(14)28-13/h1-4,12-13H,5-11H2,(H2,22,25)(H2,21,23,24). The quantitative estimate of drug-likeness (QED) is 0.671. The number of ether oxygens (including phenoxy) is 2. The van der Waals surface area contributed by atoms with Crippen LogP contribution >= 0.6 is 11.3 Å². The molecule has 8 nitrogen and oxygen atoms in total. The average molecular weight is 413 g/mol. The molecule has 0 aliphatic carbocycles. The molecule has 1 atom stereocenters. The summed E-state index contributed by atoms with van der Waals surface area (Å²) in [7, 11) is 0. The summed E-state index contributed by atoms with van der Waals surface area (Å²) < 4.78 is 11.9. The summed E-state index contributed by atoms with van der Waals surface area (Å²) in [5.41, 5.74) is 12.4. The molecule has 0 radical (unpaired) electrons. The summed E-state index contributed by atoms with van der Waals surface area (Å²) in [4.78, 5) is 16.5. The van der Waals surface area contributed by atoms with E-state index in [2.05, 4.69) is 19.9 Å². The Morgan fingerprint density at radius 3 is 2.69 bits per heavy atom. The maximum atomic E-state index is 6.10. The highest BCUT2D eigenvalue weighted by molar-refractivity contribution is 7.21. The first-order valence-electron chi connectivity index (χ1n) is 9.93. The van der Waals surface area contributed by atoms with Gasteiger partial charge in [0.2, 0.25) is 0 Å². The van der Waals surface area contributed by atoms with Crippen LogP contribution in [-0.2, 0) is 6.42 Å². The predicted octanol–water partition coefficient (Wildman–Crippen LogP) is 2.35. The second kappa shape index (κ2) is 7.64. The number of rotatable bonds is 4. The van der Waals surface area contributed by atoms with Crippen LogP contribution in [0.5, 0.6) is 11.5 Å². The first-order valence-corrected chi connectivity index (χ1v) is 10.7. The minimum atomic E-state index is 0.0729. The molecule has 1 unspecified atom stereocenters. The van der Waals surface area contributed by atoms with Gasteiger partial charge in [-0.05, 0) is 44.0 Å². The first kappa shape index (κ1) is 18.4. The van der Waals surface area contributed by atoms with E-state index in [-0.39, 0.29) is 6.10 Å². The van der Waals surface area contributed by atoms with E-state index >= 15 is 0 Å². The van der Waals surface area contributed by atoms with Crippen LogP contribution in [0, 0.1) is 5.92 Å². The molecule has 3 aromatic rings. The van der Waals surface area contributed by atoms with Crippen molar-refractivity contribution >= 4 is 32.6 Å². The normalized spacial score (nSPS) is 20.2. The third-order valence-electron chi connectivity index (χ3n) is 5.56. The van der Waals surface area contributed by atoms with Crippen LogP contribution in [0.1, 0.15) is 18.7 Å². The van der Waals surface area contributed by atoms with E-state index < -0.39 is 0 Å².